The Balaban J connectivity index is 1.47. The fourth-order valence-electron chi connectivity index (χ4n) is 3.54. The SMILES string of the molecule is CC1CCCCC1NCCOCC1CCCCC1. The van der Waals surface area contributed by atoms with Crippen molar-refractivity contribution in [2.75, 3.05) is 19.8 Å². The summed E-state index contributed by atoms with van der Waals surface area (Å²) in [6.45, 7) is 5.34. The lowest BCUT2D eigenvalue weighted by Gasteiger charge is -2.29. The smallest absolute Gasteiger partial charge is 0.0591 e. The van der Waals surface area contributed by atoms with E-state index in [0.717, 1.165) is 37.6 Å². The van der Waals surface area contributed by atoms with Crippen LogP contribution in [-0.4, -0.2) is 25.8 Å². The molecule has 0 bridgehead atoms. The Morgan fingerprint density at radius 2 is 1.67 bits per heavy atom. The second-order valence-corrected chi connectivity index (χ2v) is 6.40. The first-order valence-corrected chi connectivity index (χ1v) is 8.17. The number of hydrogen-bond acceptors (Lipinski definition) is 2. The van der Waals surface area contributed by atoms with Crippen LogP contribution in [0.25, 0.3) is 0 Å². The molecular formula is C16H31NO. The van der Waals surface area contributed by atoms with E-state index in [2.05, 4.69) is 12.2 Å². The van der Waals surface area contributed by atoms with Crippen LogP contribution < -0.4 is 5.32 Å². The van der Waals surface area contributed by atoms with E-state index in [4.69, 9.17) is 4.74 Å². The van der Waals surface area contributed by atoms with Crippen LogP contribution in [0.5, 0.6) is 0 Å². The molecule has 0 aromatic carbocycles. The van der Waals surface area contributed by atoms with E-state index in [1.807, 2.05) is 0 Å². The Morgan fingerprint density at radius 3 is 2.44 bits per heavy atom. The van der Waals surface area contributed by atoms with Gasteiger partial charge in [-0.3, -0.25) is 0 Å². The van der Waals surface area contributed by atoms with Gasteiger partial charge in [0, 0.05) is 19.2 Å². The predicted molar refractivity (Wildman–Crippen MR) is 76.8 cm³/mol. The van der Waals surface area contributed by atoms with E-state index >= 15 is 0 Å². The van der Waals surface area contributed by atoms with Gasteiger partial charge in [0.25, 0.3) is 0 Å². The molecule has 2 rings (SSSR count). The second kappa shape index (κ2) is 8.16. The van der Waals surface area contributed by atoms with Gasteiger partial charge < -0.3 is 10.1 Å². The summed E-state index contributed by atoms with van der Waals surface area (Å²) in [6.07, 6.45) is 12.7. The summed E-state index contributed by atoms with van der Waals surface area (Å²) in [4.78, 5) is 0. The normalized spacial score (nSPS) is 30.5. The average Bonchev–Trinajstić information content (AvgIpc) is 2.42. The maximum Gasteiger partial charge on any atom is 0.0591 e. The number of nitrogens with one attached hydrogen (secondary N) is 1. The van der Waals surface area contributed by atoms with Gasteiger partial charge in [0.2, 0.25) is 0 Å². The van der Waals surface area contributed by atoms with Crippen molar-refractivity contribution in [1.82, 2.24) is 5.32 Å². The zero-order valence-electron chi connectivity index (χ0n) is 12.1. The molecule has 2 aliphatic carbocycles. The lowest BCUT2D eigenvalue weighted by molar-refractivity contribution is 0.0834. The van der Waals surface area contributed by atoms with Crippen molar-refractivity contribution in [1.29, 1.82) is 0 Å². The third-order valence-corrected chi connectivity index (χ3v) is 4.84. The van der Waals surface area contributed by atoms with E-state index < -0.39 is 0 Å². The van der Waals surface area contributed by atoms with Crippen molar-refractivity contribution in [2.24, 2.45) is 11.8 Å². The molecule has 0 aliphatic heterocycles. The minimum atomic E-state index is 0.747. The molecule has 1 N–H and O–H groups in total. The highest BCUT2D eigenvalue weighted by molar-refractivity contribution is 4.77. The average molecular weight is 253 g/mol. The highest BCUT2D eigenvalue weighted by Crippen LogP contribution is 2.24. The molecule has 2 unspecified atom stereocenters. The first-order valence-electron chi connectivity index (χ1n) is 8.17. The van der Waals surface area contributed by atoms with Gasteiger partial charge in [-0.25, -0.2) is 0 Å². The van der Waals surface area contributed by atoms with Crippen LogP contribution in [0.3, 0.4) is 0 Å². The molecule has 18 heavy (non-hydrogen) atoms. The molecule has 106 valence electrons. The molecule has 0 heterocycles. The van der Waals surface area contributed by atoms with Crippen molar-refractivity contribution in [3.63, 3.8) is 0 Å². The molecule has 0 aromatic heterocycles. The first-order chi connectivity index (χ1) is 8.86. The Bertz CT molecular complexity index is 213. The van der Waals surface area contributed by atoms with Crippen LogP contribution in [0.4, 0.5) is 0 Å². The Morgan fingerprint density at radius 1 is 0.944 bits per heavy atom. The number of ether oxygens (including phenoxy) is 1. The third-order valence-electron chi connectivity index (χ3n) is 4.84. The summed E-state index contributed by atoms with van der Waals surface area (Å²) in [5.41, 5.74) is 0. The number of hydrogen-bond donors (Lipinski definition) is 1. The standard InChI is InChI=1S/C16H31NO/c1-14-7-5-6-10-16(14)17-11-12-18-13-15-8-3-2-4-9-15/h14-17H,2-13H2,1H3. The molecule has 2 fully saturated rings. The molecular weight excluding hydrogens is 222 g/mol. The minimum Gasteiger partial charge on any atom is -0.380 e. The Labute approximate surface area is 113 Å². The van der Waals surface area contributed by atoms with Crippen molar-refractivity contribution in [2.45, 2.75) is 70.8 Å². The van der Waals surface area contributed by atoms with Gasteiger partial charge in [-0.05, 0) is 37.5 Å². The highest BCUT2D eigenvalue weighted by Gasteiger charge is 2.20. The second-order valence-electron chi connectivity index (χ2n) is 6.40. The predicted octanol–water partition coefficient (Wildman–Crippen LogP) is 3.75. The lowest BCUT2D eigenvalue weighted by atomic mass is 9.86. The fourth-order valence-corrected chi connectivity index (χ4v) is 3.54. The summed E-state index contributed by atoms with van der Waals surface area (Å²) < 4.78 is 5.84. The Hall–Kier alpha value is -0.0800. The molecule has 0 radical (unpaired) electrons. The van der Waals surface area contributed by atoms with E-state index in [9.17, 15) is 0 Å². The van der Waals surface area contributed by atoms with E-state index in [-0.39, 0.29) is 0 Å². The van der Waals surface area contributed by atoms with Gasteiger partial charge >= 0.3 is 0 Å². The summed E-state index contributed by atoms with van der Waals surface area (Å²) in [5.74, 6) is 1.71. The van der Waals surface area contributed by atoms with Crippen LogP contribution in [0.15, 0.2) is 0 Å². The molecule has 2 atom stereocenters. The first kappa shape index (κ1) is 14.3. The van der Waals surface area contributed by atoms with Gasteiger partial charge in [0.05, 0.1) is 6.61 Å². The van der Waals surface area contributed by atoms with Crippen LogP contribution >= 0.6 is 0 Å². The monoisotopic (exact) mass is 253 g/mol. The van der Waals surface area contributed by atoms with Crippen molar-refractivity contribution in [3.8, 4) is 0 Å². The summed E-state index contributed by atoms with van der Waals surface area (Å²) in [7, 11) is 0. The molecule has 0 spiro atoms. The third kappa shape index (κ3) is 4.89. The van der Waals surface area contributed by atoms with Crippen LogP contribution in [0, 0.1) is 11.8 Å². The van der Waals surface area contributed by atoms with Gasteiger partial charge in [-0.2, -0.15) is 0 Å². The maximum atomic E-state index is 5.84. The molecule has 0 saturated heterocycles. The van der Waals surface area contributed by atoms with Crippen LogP contribution in [0.1, 0.15) is 64.7 Å². The summed E-state index contributed by atoms with van der Waals surface area (Å²) >= 11 is 0. The van der Waals surface area contributed by atoms with Gasteiger partial charge in [0.15, 0.2) is 0 Å². The van der Waals surface area contributed by atoms with E-state index in [1.165, 1.54) is 57.8 Å². The lowest BCUT2D eigenvalue weighted by Crippen LogP contribution is -2.39. The molecule has 0 amide bonds. The van der Waals surface area contributed by atoms with E-state index in [0.29, 0.717) is 0 Å². The quantitative estimate of drug-likeness (QED) is 0.728. The maximum absolute atomic E-state index is 5.84. The van der Waals surface area contributed by atoms with Gasteiger partial charge in [0.1, 0.15) is 0 Å². The Kier molecular flexibility index (Phi) is 6.50. The molecule has 2 heteroatoms. The van der Waals surface area contributed by atoms with Crippen LogP contribution in [0.2, 0.25) is 0 Å². The van der Waals surface area contributed by atoms with Crippen LogP contribution in [-0.2, 0) is 4.74 Å². The van der Waals surface area contributed by atoms with Gasteiger partial charge in [-0.1, -0.05) is 39.0 Å². The summed E-state index contributed by atoms with van der Waals surface area (Å²) in [5, 5.41) is 3.68. The topological polar surface area (TPSA) is 21.3 Å². The zero-order valence-corrected chi connectivity index (χ0v) is 12.1. The van der Waals surface area contributed by atoms with Crippen molar-refractivity contribution >= 4 is 0 Å². The fraction of sp³-hybridized carbons (Fsp3) is 1.00. The summed E-state index contributed by atoms with van der Waals surface area (Å²) in [6, 6.07) is 0.747. The molecule has 2 saturated carbocycles. The molecule has 2 nitrogen and oxygen atoms in total. The largest absolute Gasteiger partial charge is 0.380 e. The minimum absolute atomic E-state index is 0.747. The van der Waals surface area contributed by atoms with Crippen molar-refractivity contribution in [3.05, 3.63) is 0 Å². The highest BCUT2D eigenvalue weighted by atomic mass is 16.5. The molecule has 2 aliphatic rings. The zero-order chi connectivity index (χ0) is 12.6. The number of rotatable bonds is 6. The molecule has 0 aromatic rings. The van der Waals surface area contributed by atoms with E-state index in [1.54, 1.807) is 0 Å². The van der Waals surface area contributed by atoms with Gasteiger partial charge in [-0.15, -0.1) is 0 Å². The van der Waals surface area contributed by atoms with Crippen molar-refractivity contribution < 1.29 is 4.74 Å².